The summed E-state index contributed by atoms with van der Waals surface area (Å²) in [6.45, 7) is 0. The van der Waals surface area contributed by atoms with Crippen LogP contribution in [0.15, 0.2) is 75.4 Å². The van der Waals surface area contributed by atoms with Crippen molar-refractivity contribution in [1.29, 1.82) is 0 Å². The minimum atomic E-state index is -2.04. The van der Waals surface area contributed by atoms with Crippen molar-refractivity contribution in [3.8, 4) is 11.5 Å². The van der Waals surface area contributed by atoms with Crippen LogP contribution in [0.4, 0.5) is 17.1 Å². The maximum Gasteiger partial charge on any atom is 0.260 e. The van der Waals surface area contributed by atoms with Crippen molar-refractivity contribution in [2.75, 3.05) is 12.4 Å². The lowest BCUT2D eigenvalue weighted by molar-refractivity contribution is 0.424. The van der Waals surface area contributed by atoms with Gasteiger partial charge in [0, 0.05) is 12.4 Å². The molecule has 0 radical (unpaired) electrons. The average Bonchev–Trinajstić information content (AvgIpc) is 3.19. The Balaban J connectivity index is 1.75. The Bertz CT molecular complexity index is 1220. The highest BCUT2D eigenvalue weighted by Crippen LogP contribution is 2.36. The lowest BCUT2D eigenvalue weighted by atomic mass is 10.1. The van der Waals surface area contributed by atoms with Gasteiger partial charge < -0.3 is 14.4 Å². The molecular formula is C20H17N5O3S. The highest BCUT2D eigenvalue weighted by atomic mass is 32.2. The van der Waals surface area contributed by atoms with Crippen LogP contribution < -0.4 is 5.32 Å². The molecule has 1 aromatic heterocycles. The van der Waals surface area contributed by atoms with Gasteiger partial charge in [0.1, 0.15) is 11.4 Å². The van der Waals surface area contributed by atoms with E-state index in [9.17, 15) is 4.21 Å². The molecule has 0 saturated carbocycles. The van der Waals surface area contributed by atoms with Crippen LogP contribution in [-0.4, -0.2) is 25.9 Å². The highest BCUT2D eigenvalue weighted by Gasteiger charge is 2.14. The number of anilines is 1. The summed E-state index contributed by atoms with van der Waals surface area (Å²) in [6.07, 6.45) is 0. The van der Waals surface area contributed by atoms with E-state index >= 15 is 0 Å². The van der Waals surface area contributed by atoms with Gasteiger partial charge in [-0.25, -0.2) is 4.21 Å². The summed E-state index contributed by atoms with van der Waals surface area (Å²) in [5.41, 5.74) is 2.71. The summed E-state index contributed by atoms with van der Waals surface area (Å²) in [4.78, 5) is 4.18. The summed E-state index contributed by atoms with van der Waals surface area (Å²) in [5.74, 6) is 0.167. The summed E-state index contributed by atoms with van der Waals surface area (Å²) < 4.78 is 25.2. The topological polar surface area (TPSA) is 113 Å². The first-order valence-electron chi connectivity index (χ1n) is 8.76. The lowest BCUT2D eigenvalue weighted by Crippen LogP contribution is -1.94. The third-order valence-corrected chi connectivity index (χ3v) is 4.79. The largest absolute Gasteiger partial charge is 0.386 e. The molecule has 0 amide bonds. The van der Waals surface area contributed by atoms with Crippen LogP contribution in [0.5, 0.6) is 0 Å². The zero-order valence-corrected chi connectivity index (χ0v) is 16.3. The molecule has 4 rings (SSSR count). The monoisotopic (exact) mass is 407 g/mol. The third kappa shape index (κ3) is 4.05. The molecule has 1 atom stereocenters. The Labute approximate surface area is 169 Å². The fraction of sp³-hybridized carbons (Fsp3) is 0.100. The fourth-order valence-electron chi connectivity index (χ4n) is 2.94. The molecule has 1 heterocycles. The molecule has 0 saturated heterocycles. The standard InChI is InChI=1S/C20H17N5O3S/c1-21-17-11-10-13-6-2-3-7-14(13)19(17)24-23-16-9-5-4-8-15(16)20-22-18(25-28-20)12-29(26)27/h2-11,21H,12H2,1H3,(H,26,27). The van der Waals surface area contributed by atoms with Crippen molar-refractivity contribution in [3.05, 3.63) is 66.5 Å². The van der Waals surface area contributed by atoms with Crippen LogP contribution in [0.3, 0.4) is 0 Å². The average molecular weight is 407 g/mol. The number of benzene rings is 3. The molecule has 1 unspecified atom stereocenters. The minimum absolute atomic E-state index is 0.152. The molecule has 0 aliphatic rings. The zero-order valence-electron chi connectivity index (χ0n) is 15.4. The van der Waals surface area contributed by atoms with Gasteiger partial charge in [0.15, 0.2) is 16.9 Å². The molecule has 2 N–H and O–H groups in total. The molecule has 8 nitrogen and oxygen atoms in total. The van der Waals surface area contributed by atoms with Crippen molar-refractivity contribution < 1.29 is 13.3 Å². The SMILES string of the molecule is CNc1ccc2ccccc2c1N=Nc1ccccc1-c1nc(CS(=O)O)no1. The second kappa shape index (κ2) is 8.29. The summed E-state index contributed by atoms with van der Waals surface area (Å²) >= 11 is -2.04. The van der Waals surface area contributed by atoms with E-state index in [1.165, 1.54) is 0 Å². The van der Waals surface area contributed by atoms with Crippen molar-refractivity contribution in [3.63, 3.8) is 0 Å². The number of aromatic nitrogens is 2. The molecule has 29 heavy (non-hydrogen) atoms. The number of rotatable bonds is 6. The smallest absolute Gasteiger partial charge is 0.260 e. The quantitative estimate of drug-likeness (QED) is 0.341. The van der Waals surface area contributed by atoms with Crippen molar-refractivity contribution in [1.82, 2.24) is 10.1 Å². The Morgan fingerprint density at radius 2 is 1.86 bits per heavy atom. The van der Waals surface area contributed by atoms with Gasteiger partial charge in [-0.2, -0.15) is 4.98 Å². The first-order valence-corrected chi connectivity index (χ1v) is 10.0. The van der Waals surface area contributed by atoms with Crippen LogP contribution in [0.25, 0.3) is 22.2 Å². The first-order chi connectivity index (χ1) is 14.2. The van der Waals surface area contributed by atoms with E-state index in [1.807, 2.05) is 55.6 Å². The molecule has 0 fully saturated rings. The molecular weight excluding hydrogens is 390 g/mol. The van der Waals surface area contributed by atoms with Gasteiger partial charge >= 0.3 is 0 Å². The molecule has 146 valence electrons. The molecule has 0 aliphatic carbocycles. The molecule has 0 bridgehead atoms. The van der Waals surface area contributed by atoms with E-state index in [0.717, 1.165) is 22.1 Å². The fourth-order valence-corrected chi connectivity index (χ4v) is 3.28. The Morgan fingerprint density at radius 1 is 1.07 bits per heavy atom. The van der Waals surface area contributed by atoms with E-state index in [1.54, 1.807) is 12.1 Å². The molecule has 0 aliphatic heterocycles. The Kier molecular flexibility index (Phi) is 5.41. The Hall–Kier alpha value is -3.43. The van der Waals surface area contributed by atoms with Gasteiger partial charge in [-0.1, -0.05) is 47.6 Å². The van der Waals surface area contributed by atoms with Gasteiger partial charge in [-0.15, -0.1) is 10.2 Å². The number of hydrogen-bond acceptors (Lipinski definition) is 7. The van der Waals surface area contributed by atoms with Gasteiger partial charge in [0.2, 0.25) is 0 Å². The highest BCUT2D eigenvalue weighted by molar-refractivity contribution is 7.78. The van der Waals surface area contributed by atoms with Crippen LogP contribution in [0, 0.1) is 0 Å². The first kappa shape index (κ1) is 18.9. The summed E-state index contributed by atoms with van der Waals surface area (Å²) in [7, 11) is 1.84. The van der Waals surface area contributed by atoms with Crippen molar-refractivity contribution in [2.24, 2.45) is 10.2 Å². The Morgan fingerprint density at radius 3 is 2.69 bits per heavy atom. The maximum absolute atomic E-state index is 11.0. The van der Waals surface area contributed by atoms with Gasteiger partial charge in [-0.3, -0.25) is 0 Å². The zero-order chi connectivity index (χ0) is 20.2. The van der Waals surface area contributed by atoms with E-state index in [-0.39, 0.29) is 17.5 Å². The van der Waals surface area contributed by atoms with E-state index in [0.29, 0.717) is 11.3 Å². The third-order valence-electron chi connectivity index (χ3n) is 4.28. The van der Waals surface area contributed by atoms with Crippen LogP contribution in [0.2, 0.25) is 0 Å². The molecule has 3 aromatic carbocycles. The number of nitrogens with zero attached hydrogens (tertiary/aromatic N) is 4. The van der Waals surface area contributed by atoms with Crippen molar-refractivity contribution in [2.45, 2.75) is 5.75 Å². The van der Waals surface area contributed by atoms with Crippen molar-refractivity contribution >= 4 is 38.9 Å². The van der Waals surface area contributed by atoms with E-state index < -0.39 is 11.1 Å². The van der Waals surface area contributed by atoms with Crippen LogP contribution >= 0.6 is 0 Å². The van der Waals surface area contributed by atoms with Gasteiger partial charge in [0.05, 0.1) is 16.9 Å². The predicted octanol–water partition coefficient (Wildman–Crippen LogP) is 5.07. The van der Waals surface area contributed by atoms with Gasteiger partial charge in [-0.05, 0) is 23.6 Å². The second-order valence-corrected chi connectivity index (χ2v) is 7.06. The molecule has 4 aromatic rings. The lowest BCUT2D eigenvalue weighted by Gasteiger charge is -2.08. The number of nitrogens with one attached hydrogen (secondary N) is 1. The number of hydrogen-bond donors (Lipinski definition) is 2. The minimum Gasteiger partial charge on any atom is -0.386 e. The molecule has 9 heteroatoms. The number of fused-ring (bicyclic) bond motifs is 1. The van der Waals surface area contributed by atoms with E-state index in [4.69, 9.17) is 9.08 Å². The summed E-state index contributed by atoms with van der Waals surface area (Å²) in [5, 5.41) is 17.9. The normalized spacial score (nSPS) is 12.5. The predicted molar refractivity (Wildman–Crippen MR) is 112 cm³/mol. The summed E-state index contributed by atoms with van der Waals surface area (Å²) in [6, 6.07) is 19.2. The number of azo groups is 1. The van der Waals surface area contributed by atoms with E-state index in [2.05, 4.69) is 25.7 Å². The van der Waals surface area contributed by atoms with Crippen LogP contribution in [0.1, 0.15) is 5.82 Å². The van der Waals surface area contributed by atoms with Crippen LogP contribution in [-0.2, 0) is 16.8 Å². The maximum atomic E-state index is 11.0. The van der Waals surface area contributed by atoms with Gasteiger partial charge in [0.25, 0.3) is 5.89 Å². The second-order valence-electron chi connectivity index (χ2n) is 6.13. The molecule has 0 spiro atoms.